The Balaban J connectivity index is 2.82. The smallest absolute Gasteiger partial charge is 0.341 e. The third kappa shape index (κ3) is 2.83. The van der Waals surface area contributed by atoms with Gasteiger partial charge in [0.25, 0.3) is 0 Å². The minimum Gasteiger partial charge on any atom is -0.502 e. The van der Waals surface area contributed by atoms with Crippen molar-refractivity contribution in [3.63, 3.8) is 0 Å². The predicted molar refractivity (Wildman–Crippen MR) is 47.9 cm³/mol. The van der Waals surface area contributed by atoms with Crippen LogP contribution in [0.1, 0.15) is 0 Å². The summed E-state index contributed by atoms with van der Waals surface area (Å²) >= 11 is 0. The van der Waals surface area contributed by atoms with Gasteiger partial charge in [-0.2, -0.15) is 0 Å². The molecular weight excluding hydrogens is 206 g/mol. The minimum absolute atomic E-state index is 0.0560. The zero-order chi connectivity index (χ0) is 11.4. The van der Waals surface area contributed by atoms with Gasteiger partial charge < -0.3 is 14.9 Å². The Morgan fingerprint density at radius 3 is 2.67 bits per heavy atom. The monoisotopic (exact) mass is 213 g/mol. The second-order valence-electron chi connectivity index (χ2n) is 2.59. The second kappa shape index (κ2) is 4.27. The summed E-state index contributed by atoms with van der Waals surface area (Å²) in [5.74, 6) is -1.68. The number of carboxylic acids is 1. The van der Waals surface area contributed by atoms with Crippen molar-refractivity contribution < 1.29 is 24.7 Å². The fraction of sp³-hybridized carbons (Fsp3) is 0.125. The van der Waals surface area contributed by atoms with Crippen LogP contribution in [-0.4, -0.2) is 27.7 Å². The minimum atomic E-state index is -1.17. The largest absolute Gasteiger partial charge is 0.502 e. The lowest BCUT2D eigenvalue weighted by atomic mass is 10.3. The summed E-state index contributed by atoms with van der Waals surface area (Å²) < 4.78 is 4.70. The Kier molecular flexibility index (Phi) is 3.06. The molecule has 0 aliphatic rings. The van der Waals surface area contributed by atoms with Crippen LogP contribution in [0.25, 0.3) is 0 Å². The first-order chi connectivity index (χ1) is 7.00. The molecule has 0 saturated heterocycles. The number of carbonyl (C=O) groups is 1. The van der Waals surface area contributed by atoms with Gasteiger partial charge in [0, 0.05) is 12.1 Å². The lowest BCUT2D eigenvalue weighted by Crippen LogP contribution is -2.09. The average molecular weight is 213 g/mol. The van der Waals surface area contributed by atoms with Gasteiger partial charge in [0.1, 0.15) is 5.75 Å². The summed E-state index contributed by atoms with van der Waals surface area (Å²) in [5, 5.41) is 27.8. The number of nitrogens with zero attached hydrogens (tertiary/aromatic N) is 1. The van der Waals surface area contributed by atoms with Crippen molar-refractivity contribution in [3.8, 4) is 11.5 Å². The fourth-order valence-corrected chi connectivity index (χ4v) is 0.892. The summed E-state index contributed by atoms with van der Waals surface area (Å²) in [4.78, 5) is 19.7. The second-order valence-corrected chi connectivity index (χ2v) is 2.59. The number of aromatic hydroxyl groups is 1. The number of phenolic OH excluding ortho intramolecular Hbond substituents is 1. The Labute approximate surface area is 83.7 Å². The molecule has 0 amide bonds. The molecule has 1 aromatic carbocycles. The van der Waals surface area contributed by atoms with Crippen LogP contribution in [-0.2, 0) is 4.79 Å². The number of rotatable bonds is 4. The molecule has 0 spiro atoms. The highest BCUT2D eigenvalue weighted by Gasteiger charge is 2.13. The first-order valence-corrected chi connectivity index (χ1v) is 3.82. The highest BCUT2D eigenvalue weighted by molar-refractivity contribution is 5.68. The highest BCUT2D eigenvalue weighted by Crippen LogP contribution is 2.29. The van der Waals surface area contributed by atoms with Gasteiger partial charge in [-0.15, -0.1) is 0 Å². The van der Waals surface area contributed by atoms with E-state index in [1.807, 2.05) is 0 Å². The van der Waals surface area contributed by atoms with E-state index in [0.717, 1.165) is 12.1 Å². The number of aliphatic carboxylic acids is 1. The SMILES string of the molecule is O=C(O)COc1ccc([N+](=O)[O-])c(O)c1. The van der Waals surface area contributed by atoms with Crippen LogP contribution >= 0.6 is 0 Å². The molecule has 0 unspecified atom stereocenters. The molecule has 80 valence electrons. The van der Waals surface area contributed by atoms with Crippen molar-refractivity contribution >= 4 is 11.7 Å². The van der Waals surface area contributed by atoms with Gasteiger partial charge in [-0.05, 0) is 6.07 Å². The molecule has 0 aliphatic carbocycles. The number of ether oxygens (including phenoxy) is 1. The van der Waals surface area contributed by atoms with Crippen LogP contribution in [0.3, 0.4) is 0 Å². The molecule has 0 radical (unpaired) electrons. The maximum atomic E-state index is 10.3. The number of hydrogen-bond acceptors (Lipinski definition) is 5. The Bertz CT molecular complexity index is 402. The maximum absolute atomic E-state index is 10.3. The molecule has 0 aromatic heterocycles. The lowest BCUT2D eigenvalue weighted by molar-refractivity contribution is -0.385. The average Bonchev–Trinajstić information content (AvgIpc) is 2.14. The van der Waals surface area contributed by atoms with Crippen LogP contribution in [0.15, 0.2) is 18.2 Å². The Morgan fingerprint density at radius 1 is 1.53 bits per heavy atom. The lowest BCUT2D eigenvalue weighted by Gasteiger charge is -2.03. The van der Waals surface area contributed by atoms with E-state index in [9.17, 15) is 14.9 Å². The van der Waals surface area contributed by atoms with Crippen molar-refractivity contribution in [3.05, 3.63) is 28.3 Å². The fourth-order valence-electron chi connectivity index (χ4n) is 0.892. The van der Waals surface area contributed by atoms with Crippen molar-refractivity contribution in [2.75, 3.05) is 6.61 Å². The van der Waals surface area contributed by atoms with E-state index >= 15 is 0 Å². The molecule has 0 fully saturated rings. The number of carboxylic acid groups (broad SMARTS) is 1. The van der Waals surface area contributed by atoms with E-state index in [2.05, 4.69) is 0 Å². The summed E-state index contributed by atoms with van der Waals surface area (Å²) in [7, 11) is 0. The van der Waals surface area contributed by atoms with Crippen LogP contribution in [0.4, 0.5) is 5.69 Å². The number of hydrogen-bond donors (Lipinski definition) is 2. The van der Waals surface area contributed by atoms with Gasteiger partial charge in [-0.25, -0.2) is 4.79 Å². The summed E-state index contributed by atoms with van der Waals surface area (Å²) in [6.45, 7) is -0.572. The molecule has 0 saturated carbocycles. The van der Waals surface area contributed by atoms with Gasteiger partial charge in [-0.3, -0.25) is 10.1 Å². The van der Waals surface area contributed by atoms with Crippen LogP contribution < -0.4 is 4.74 Å². The molecule has 0 aliphatic heterocycles. The zero-order valence-corrected chi connectivity index (χ0v) is 7.41. The molecule has 0 heterocycles. The number of benzene rings is 1. The van der Waals surface area contributed by atoms with Crippen LogP contribution in [0, 0.1) is 10.1 Å². The molecule has 2 N–H and O–H groups in total. The van der Waals surface area contributed by atoms with Gasteiger partial charge in [0.2, 0.25) is 0 Å². The van der Waals surface area contributed by atoms with Crippen molar-refractivity contribution in [2.24, 2.45) is 0 Å². The number of nitro benzene ring substituents is 1. The zero-order valence-electron chi connectivity index (χ0n) is 7.41. The topological polar surface area (TPSA) is 110 Å². The third-order valence-electron chi connectivity index (χ3n) is 1.51. The van der Waals surface area contributed by atoms with Gasteiger partial charge in [0.05, 0.1) is 4.92 Å². The maximum Gasteiger partial charge on any atom is 0.341 e. The normalized spacial score (nSPS) is 9.60. The van der Waals surface area contributed by atoms with E-state index in [1.54, 1.807) is 0 Å². The highest BCUT2D eigenvalue weighted by atomic mass is 16.6. The molecule has 0 atom stereocenters. The van der Waals surface area contributed by atoms with Crippen LogP contribution in [0.2, 0.25) is 0 Å². The molecule has 1 aromatic rings. The van der Waals surface area contributed by atoms with Gasteiger partial charge >= 0.3 is 11.7 Å². The van der Waals surface area contributed by atoms with Crippen LogP contribution in [0.5, 0.6) is 11.5 Å². The Hall–Kier alpha value is -2.31. The quantitative estimate of drug-likeness (QED) is 0.564. The number of phenols is 1. The van der Waals surface area contributed by atoms with Crippen molar-refractivity contribution in [2.45, 2.75) is 0 Å². The molecule has 1 rings (SSSR count). The molecular formula is C8H7NO6. The summed E-state index contributed by atoms with van der Waals surface area (Å²) in [6, 6.07) is 3.23. The third-order valence-corrected chi connectivity index (χ3v) is 1.51. The first kappa shape index (κ1) is 10.8. The van der Waals surface area contributed by atoms with E-state index < -0.39 is 28.9 Å². The van der Waals surface area contributed by atoms with E-state index in [-0.39, 0.29) is 5.75 Å². The first-order valence-electron chi connectivity index (χ1n) is 3.82. The molecule has 7 heteroatoms. The molecule has 7 nitrogen and oxygen atoms in total. The van der Waals surface area contributed by atoms with Crippen molar-refractivity contribution in [1.82, 2.24) is 0 Å². The van der Waals surface area contributed by atoms with E-state index in [4.69, 9.17) is 14.9 Å². The van der Waals surface area contributed by atoms with Gasteiger partial charge in [0.15, 0.2) is 12.4 Å². The van der Waals surface area contributed by atoms with E-state index in [0.29, 0.717) is 0 Å². The Morgan fingerprint density at radius 2 is 2.20 bits per heavy atom. The standard InChI is InChI=1S/C8H7NO6/c10-7-3-5(15-4-8(11)12)1-2-6(7)9(13)14/h1-3,10H,4H2,(H,11,12). The summed E-state index contributed by atoms with van der Waals surface area (Å²) in [5.41, 5.74) is -0.460. The predicted octanol–water partition coefficient (Wildman–Crippen LogP) is 0.764. The summed E-state index contributed by atoms with van der Waals surface area (Å²) in [6.07, 6.45) is 0. The molecule has 0 bridgehead atoms. The van der Waals surface area contributed by atoms with E-state index in [1.165, 1.54) is 6.07 Å². The van der Waals surface area contributed by atoms with Gasteiger partial charge in [-0.1, -0.05) is 0 Å². The van der Waals surface area contributed by atoms with Crippen molar-refractivity contribution in [1.29, 1.82) is 0 Å². The molecule has 15 heavy (non-hydrogen) atoms. The number of nitro groups is 1.